The number of halogens is 2. The van der Waals surface area contributed by atoms with Crippen LogP contribution in [0.4, 0.5) is 4.39 Å². The van der Waals surface area contributed by atoms with E-state index in [0.29, 0.717) is 13.1 Å². The van der Waals surface area contributed by atoms with E-state index in [-0.39, 0.29) is 29.8 Å². The van der Waals surface area contributed by atoms with E-state index in [1.807, 2.05) is 37.9 Å². The fraction of sp³-hybridized carbons (Fsp3) is 0.333. The molecule has 0 aliphatic heterocycles. The maximum Gasteiger partial charge on any atom is 0.194 e. The van der Waals surface area contributed by atoms with Crippen molar-refractivity contribution in [3.05, 3.63) is 65.2 Å². The van der Waals surface area contributed by atoms with Crippen molar-refractivity contribution in [3.8, 4) is 0 Å². The highest BCUT2D eigenvalue weighted by Gasteiger charge is 2.07. The molecule has 2 rings (SSSR count). The first-order valence-corrected chi connectivity index (χ1v) is 7.74. The van der Waals surface area contributed by atoms with Gasteiger partial charge in [0, 0.05) is 26.3 Å². The quantitative estimate of drug-likeness (QED) is 0.436. The molecule has 0 amide bonds. The number of nitrogens with zero attached hydrogens (tertiary/aromatic N) is 3. The van der Waals surface area contributed by atoms with Gasteiger partial charge in [0.05, 0.1) is 12.2 Å². The Morgan fingerprint density at radius 1 is 1.25 bits per heavy atom. The molecule has 130 valence electrons. The molecule has 0 spiro atoms. The zero-order valence-electron chi connectivity index (χ0n) is 14.3. The van der Waals surface area contributed by atoms with E-state index in [2.05, 4.69) is 15.3 Å². The molecular formula is C18H24FIN4. The first kappa shape index (κ1) is 20.3. The maximum atomic E-state index is 13.0. The van der Waals surface area contributed by atoms with Crippen LogP contribution in [0.2, 0.25) is 0 Å². The second-order valence-corrected chi connectivity index (χ2v) is 5.42. The molecule has 4 nitrogen and oxygen atoms in total. The summed E-state index contributed by atoms with van der Waals surface area (Å²) < 4.78 is 13.0. The molecule has 2 aromatic rings. The molecule has 0 aliphatic rings. The topological polar surface area (TPSA) is 40.5 Å². The van der Waals surface area contributed by atoms with Crippen LogP contribution in [0.1, 0.15) is 23.7 Å². The molecular weight excluding hydrogens is 418 g/mol. The largest absolute Gasteiger partial charge is 0.357 e. The molecule has 1 aromatic heterocycles. The van der Waals surface area contributed by atoms with Crippen LogP contribution >= 0.6 is 24.0 Å². The van der Waals surface area contributed by atoms with Crippen LogP contribution in [0.15, 0.2) is 47.6 Å². The SMILES string of the molecule is CCNC(=NCc1ncccc1C)N(C)Cc1ccc(F)cc1.I. The lowest BCUT2D eigenvalue weighted by molar-refractivity contribution is 0.476. The zero-order chi connectivity index (χ0) is 16.7. The highest BCUT2D eigenvalue weighted by atomic mass is 127. The normalized spacial score (nSPS) is 10.9. The summed E-state index contributed by atoms with van der Waals surface area (Å²) in [5, 5.41) is 3.28. The third kappa shape index (κ3) is 6.07. The first-order valence-electron chi connectivity index (χ1n) is 7.74. The number of benzene rings is 1. The van der Waals surface area contributed by atoms with Crippen molar-refractivity contribution in [2.24, 2.45) is 4.99 Å². The molecule has 1 N–H and O–H groups in total. The predicted molar refractivity (Wildman–Crippen MR) is 107 cm³/mol. The summed E-state index contributed by atoms with van der Waals surface area (Å²) in [4.78, 5) is 11.0. The molecule has 0 saturated heterocycles. The summed E-state index contributed by atoms with van der Waals surface area (Å²) in [5.74, 6) is 0.587. The molecule has 24 heavy (non-hydrogen) atoms. The Labute approximate surface area is 160 Å². The van der Waals surface area contributed by atoms with Crippen LogP contribution in [0.3, 0.4) is 0 Å². The van der Waals surface area contributed by atoms with Crippen LogP contribution in [0, 0.1) is 12.7 Å². The van der Waals surface area contributed by atoms with Crippen molar-refractivity contribution in [2.75, 3.05) is 13.6 Å². The van der Waals surface area contributed by atoms with Gasteiger partial charge in [-0.25, -0.2) is 9.38 Å². The van der Waals surface area contributed by atoms with Crippen molar-refractivity contribution < 1.29 is 4.39 Å². The Morgan fingerprint density at radius 2 is 1.96 bits per heavy atom. The Kier molecular flexibility index (Phi) is 8.67. The lowest BCUT2D eigenvalue weighted by Gasteiger charge is -2.22. The van der Waals surface area contributed by atoms with Crippen molar-refractivity contribution in [1.82, 2.24) is 15.2 Å². The molecule has 0 bridgehead atoms. The summed E-state index contributed by atoms with van der Waals surface area (Å²) in [7, 11) is 1.97. The van der Waals surface area contributed by atoms with E-state index in [4.69, 9.17) is 0 Å². The van der Waals surface area contributed by atoms with Crippen LogP contribution in [-0.2, 0) is 13.1 Å². The van der Waals surface area contributed by atoms with Gasteiger partial charge in [-0.05, 0) is 43.2 Å². The molecule has 0 atom stereocenters. The van der Waals surface area contributed by atoms with Crippen molar-refractivity contribution in [3.63, 3.8) is 0 Å². The minimum Gasteiger partial charge on any atom is -0.357 e. The number of hydrogen-bond donors (Lipinski definition) is 1. The van der Waals surface area contributed by atoms with Crippen LogP contribution in [0.5, 0.6) is 0 Å². The molecule has 0 aliphatic carbocycles. The number of nitrogens with one attached hydrogen (secondary N) is 1. The minimum absolute atomic E-state index is 0. The van der Waals surface area contributed by atoms with E-state index < -0.39 is 0 Å². The number of pyridine rings is 1. The van der Waals surface area contributed by atoms with Gasteiger partial charge in [-0.15, -0.1) is 24.0 Å². The summed E-state index contributed by atoms with van der Waals surface area (Å²) in [5.41, 5.74) is 3.14. The van der Waals surface area contributed by atoms with E-state index in [1.165, 1.54) is 12.1 Å². The number of aryl methyl sites for hydroxylation is 1. The Morgan fingerprint density at radius 3 is 2.58 bits per heavy atom. The summed E-state index contributed by atoms with van der Waals surface area (Å²) in [6.07, 6.45) is 1.78. The predicted octanol–water partition coefficient (Wildman–Crippen LogP) is 3.74. The Bertz CT molecular complexity index is 658. The lowest BCUT2D eigenvalue weighted by Crippen LogP contribution is -2.38. The second kappa shape index (κ2) is 10.2. The maximum absolute atomic E-state index is 13.0. The third-order valence-corrected chi connectivity index (χ3v) is 3.53. The van der Waals surface area contributed by atoms with Gasteiger partial charge in [-0.2, -0.15) is 0 Å². The van der Waals surface area contributed by atoms with Crippen molar-refractivity contribution >= 4 is 29.9 Å². The van der Waals surface area contributed by atoms with Gasteiger partial charge in [-0.3, -0.25) is 4.98 Å². The van der Waals surface area contributed by atoms with E-state index in [0.717, 1.165) is 29.3 Å². The summed E-state index contributed by atoms with van der Waals surface area (Å²) in [6.45, 7) is 6.05. The molecule has 0 saturated carbocycles. The van der Waals surface area contributed by atoms with Crippen LogP contribution in [-0.4, -0.2) is 29.4 Å². The highest BCUT2D eigenvalue weighted by Crippen LogP contribution is 2.08. The molecule has 1 aromatic carbocycles. The van der Waals surface area contributed by atoms with Gasteiger partial charge < -0.3 is 10.2 Å². The van der Waals surface area contributed by atoms with Gasteiger partial charge in [0.1, 0.15) is 5.82 Å². The average molecular weight is 442 g/mol. The smallest absolute Gasteiger partial charge is 0.194 e. The molecule has 6 heteroatoms. The Hall–Kier alpha value is -1.70. The fourth-order valence-corrected chi connectivity index (χ4v) is 2.24. The lowest BCUT2D eigenvalue weighted by atomic mass is 10.2. The second-order valence-electron chi connectivity index (χ2n) is 5.42. The minimum atomic E-state index is -0.220. The Balaban J connectivity index is 0.00000288. The number of rotatable bonds is 5. The molecule has 1 heterocycles. The first-order chi connectivity index (χ1) is 11.1. The number of guanidine groups is 1. The van der Waals surface area contributed by atoms with Crippen LogP contribution in [0.25, 0.3) is 0 Å². The monoisotopic (exact) mass is 442 g/mol. The van der Waals surface area contributed by atoms with Gasteiger partial charge in [0.15, 0.2) is 5.96 Å². The van der Waals surface area contributed by atoms with Gasteiger partial charge in [0.2, 0.25) is 0 Å². The number of aliphatic imine (C=N–C) groups is 1. The fourth-order valence-electron chi connectivity index (χ4n) is 2.24. The van der Waals surface area contributed by atoms with E-state index in [1.54, 1.807) is 18.3 Å². The van der Waals surface area contributed by atoms with E-state index >= 15 is 0 Å². The summed E-state index contributed by atoms with van der Waals surface area (Å²) in [6, 6.07) is 10.5. The standard InChI is InChI=1S/C18H23FN4.HI/c1-4-20-18(22-12-17-14(2)6-5-11-21-17)23(3)13-15-7-9-16(19)10-8-15;/h5-11H,4,12-13H2,1-3H3,(H,20,22);1H. The number of hydrogen-bond acceptors (Lipinski definition) is 2. The molecule has 0 unspecified atom stereocenters. The van der Waals surface area contributed by atoms with Gasteiger partial charge >= 0.3 is 0 Å². The van der Waals surface area contributed by atoms with Crippen molar-refractivity contribution in [2.45, 2.75) is 26.9 Å². The van der Waals surface area contributed by atoms with Gasteiger partial charge in [-0.1, -0.05) is 18.2 Å². The zero-order valence-corrected chi connectivity index (χ0v) is 16.6. The van der Waals surface area contributed by atoms with Crippen molar-refractivity contribution in [1.29, 1.82) is 0 Å². The van der Waals surface area contributed by atoms with Crippen LogP contribution < -0.4 is 5.32 Å². The van der Waals surface area contributed by atoms with Gasteiger partial charge in [0.25, 0.3) is 0 Å². The average Bonchev–Trinajstić information content (AvgIpc) is 2.55. The molecule has 0 fully saturated rings. The van der Waals surface area contributed by atoms with E-state index in [9.17, 15) is 4.39 Å². The highest BCUT2D eigenvalue weighted by molar-refractivity contribution is 14.0. The summed E-state index contributed by atoms with van der Waals surface area (Å²) >= 11 is 0. The number of aromatic nitrogens is 1. The molecule has 0 radical (unpaired) electrons. The third-order valence-electron chi connectivity index (χ3n) is 3.53.